The summed E-state index contributed by atoms with van der Waals surface area (Å²) in [6.07, 6.45) is 0.961. The third kappa shape index (κ3) is 3.05. The molecule has 0 bridgehead atoms. The van der Waals surface area contributed by atoms with Crippen molar-refractivity contribution in [3.8, 4) is 6.07 Å². The van der Waals surface area contributed by atoms with Crippen molar-refractivity contribution in [2.75, 3.05) is 13.1 Å². The van der Waals surface area contributed by atoms with Crippen LogP contribution in [0.15, 0.2) is 0 Å². The van der Waals surface area contributed by atoms with E-state index >= 15 is 0 Å². The minimum atomic E-state index is -0.746. The van der Waals surface area contributed by atoms with E-state index in [0.29, 0.717) is 25.9 Å². The van der Waals surface area contributed by atoms with Gasteiger partial charge in [0.25, 0.3) is 0 Å². The Morgan fingerprint density at radius 1 is 1.50 bits per heavy atom. The Bertz CT molecular complexity index is 668. The lowest BCUT2D eigenvalue weighted by Crippen LogP contribution is -2.55. The average Bonchev–Trinajstić information content (AvgIpc) is 2.95. The van der Waals surface area contributed by atoms with Gasteiger partial charge in [-0.2, -0.15) is 5.26 Å². The highest BCUT2D eigenvalue weighted by Crippen LogP contribution is 2.64. The second-order valence-electron chi connectivity index (χ2n) is 8.38. The maximum atomic E-state index is 12.9. The topological polar surface area (TPSA) is 128 Å². The first-order valence-corrected chi connectivity index (χ1v) is 9.22. The summed E-state index contributed by atoms with van der Waals surface area (Å²) >= 11 is 0. The molecule has 0 radical (unpaired) electrons. The van der Waals surface area contributed by atoms with E-state index in [9.17, 15) is 19.6 Å². The van der Waals surface area contributed by atoms with Gasteiger partial charge in [0.2, 0.25) is 17.7 Å². The summed E-state index contributed by atoms with van der Waals surface area (Å²) in [6, 6.07) is 0.0716. The number of nitrogens with two attached hydrogens (primary N) is 1. The Morgan fingerprint density at radius 3 is 2.73 bits per heavy atom. The van der Waals surface area contributed by atoms with Crippen LogP contribution < -0.4 is 16.4 Å². The van der Waals surface area contributed by atoms with E-state index in [-0.39, 0.29) is 40.9 Å². The molecule has 3 rings (SSSR count). The fourth-order valence-corrected chi connectivity index (χ4v) is 4.63. The lowest BCUT2D eigenvalue weighted by Gasteiger charge is -2.31. The van der Waals surface area contributed by atoms with Crippen LogP contribution in [0.1, 0.15) is 33.6 Å². The van der Waals surface area contributed by atoms with Crippen LogP contribution in [0, 0.1) is 34.5 Å². The second kappa shape index (κ2) is 6.54. The number of likely N-dealkylation sites (tertiary alicyclic amines) is 1. The maximum absolute atomic E-state index is 12.9. The van der Waals surface area contributed by atoms with Gasteiger partial charge in [-0.3, -0.25) is 14.4 Å². The van der Waals surface area contributed by atoms with Gasteiger partial charge < -0.3 is 21.3 Å². The van der Waals surface area contributed by atoms with Crippen LogP contribution in [-0.2, 0) is 14.4 Å². The molecule has 6 atom stereocenters. The molecular weight excluding hydrogens is 334 g/mol. The van der Waals surface area contributed by atoms with Gasteiger partial charge in [-0.1, -0.05) is 13.8 Å². The Balaban J connectivity index is 1.70. The highest BCUT2D eigenvalue weighted by Gasteiger charge is 2.69. The van der Waals surface area contributed by atoms with Crippen LogP contribution in [0.4, 0.5) is 0 Å². The van der Waals surface area contributed by atoms with Gasteiger partial charge in [0.15, 0.2) is 0 Å². The van der Waals surface area contributed by atoms with Crippen molar-refractivity contribution in [1.29, 1.82) is 5.26 Å². The van der Waals surface area contributed by atoms with E-state index < -0.39 is 18.1 Å². The number of carbonyl (C=O) groups excluding carboxylic acids is 3. The van der Waals surface area contributed by atoms with Gasteiger partial charge in [-0.05, 0) is 37.0 Å². The van der Waals surface area contributed by atoms with Crippen LogP contribution in [0.3, 0.4) is 0 Å². The second-order valence-corrected chi connectivity index (χ2v) is 8.38. The van der Waals surface area contributed by atoms with Crippen LogP contribution in [-0.4, -0.2) is 53.8 Å². The predicted molar refractivity (Wildman–Crippen MR) is 93.2 cm³/mol. The largest absolute Gasteiger partial charge is 0.356 e. The van der Waals surface area contributed by atoms with E-state index in [0.717, 1.165) is 0 Å². The molecule has 3 aliphatic rings. The standard InChI is InChI=1S/C18H27N5O3/c1-9(20)17(26)23-8-12-13(18(12,2)3)14(23)16(25)22-11(7-19)6-10-4-5-21-15(10)24/h9-14H,4-6,8,20H2,1-3H3,(H,21,24)(H,22,25)/t9-,10-,11-,12-,13-,14-/m0/s1. The van der Waals surface area contributed by atoms with Gasteiger partial charge >= 0.3 is 0 Å². The van der Waals surface area contributed by atoms with E-state index in [1.807, 2.05) is 0 Å². The zero-order valence-electron chi connectivity index (χ0n) is 15.5. The summed E-state index contributed by atoms with van der Waals surface area (Å²) < 4.78 is 0. The molecule has 0 aromatic heterocycles. The number of nitrogens with zero attached hydrogens (tertiary/aromatic N) is 2. The lowest BCUT2D eigenvalue weighted by atomic mass is 9.97. The summed E-state index contributed by atoms with van der Waals surface area (Å²) in [7, 11) is 0. The normalized spacial score (nSPS) is 33.7. The van der Waals surface area contributed by atoms with Gasteiger partial charge in [-0.25, -0.2) is 0 Å². The Hall–Kier alpha value is -2.14. The molecule has 8 nitrogen and oxygen atoms in total. The molecule has 8 heteroatoms. The van der Waals surface area contributed by atoms with E-state index in [1.54, 1.807) is 11.8 Å². The van der Waals surface area contributed by atoms with E-state index in [2.05, 4.69) is 30.6 Å². The molecule has 2 aliphatic heterocycles. The van der Waals surface area contributed by atoms with Crippen molar-refractivity contribution in [3.63, 3.8) is 0 Å². The molecule has 0 spiro atoms. The van der Waals surface area contributed by atoms with Crippen molar-refractivity contribution in [1.82, 2.24) is 15.5 Å². The number of hydrogen-bond donors (Lipinski definition) is 3. The lowest BCUT2D eigenvalue weighted by molar-refractivity contribution is -0.141. The molecule has 1 aliphatic carbocycles. The molecule has 0 unspecified atom stereocenters. The van der Waals surface area contributed by atoms with Gasteiger partial charge in [0.1, 0.15) is 12.1 Å². The summed E-state index contributed by atoms with van der Waals surface area (Å²) in [4.78, 5) is 38.6. The number of amides is 3. The highest BCUT2D eigenvalue weighted by atomic mass is 16.2. The number of rotatable bonds is 5. The smallest absolute Gasteiger partial charge is 0.244 e. The number of fused-ring (bicyclic) bond motifs is 1. The molecule has 26 heavy (non-hydrogen) atoms. The SMILES string of the molecule is C[C@H](N)C(=O)N1C[C@H]2[C@@H]([C@H]1C(=O)N[C@H](C#N)C[C@@H]1CCNC1=O)C2(C)C. The number of nitrogens with one attached hydrogen (secondary N) is 2. The van der Waals surface area contributed by atoms with Gasteiger partial charge in [-0.15, -0.1) is 0 Å². The molecule has 2 heterocycles. The molecule has 0 aromatic rings. The minimum Gasteiger partial charge on any atom is -0.356 e. The van der Waals surface area contributed by atoms with Crippen LogP contribution >= 0.6 is 0 Å². The van der Waals surface area contributed by atoms with Gasteiger partial charge in [0.05, 0.1) is 12.1 Å². The van der Waals surface area contributed by atoms with Crippen LogP contribution in [0.2, 0.25) is 0 Å². The Morgan fingerprint density at radius 2 is 2.19 bits per heavy atom. The molecule has 1 saturated carbocycles. The van der Waals surface area contributed by atoms with Crippen LogP contribution in [0.25, 0.3) is 0 Å². The van der Waals surface area contributed by atoms with Gasteiger partial charge in [0, 0.05) is 19.0 Å². The first kappa shape index (κ1) is 18.6. The first-order chi connectivity index (χ1) is 12.2. The monoisotopic (exact) mass is 361 g/mol. The molecule has 142 valence electrons. The number of hydrogen-bond acceptors (Lipinski definition) is 5. The molecule has 4 N–H and O–H groups in total. The number of nitriles is 1. The minimum absolute atomic E-state index is 0.00407. The summed E-state index contributed by atoms with van der Waals surface area (Å²) in [5, 5.41) is 14.9. The van der Waals surface area contributed by atoms with Crippen molar-refractivity contribution in [3.05, 3.63) is 0 Å². The fraction of sp³-hybridized carbons (Fsp3) is 0.778. The zero-order valence-corrected chi connectivity index (χ0v) is 15.5. The summed E-state index contributed by atoms with van der Waals surface area (Å²) in [5.74, 6) is -0.520. The molecule has 3 amide bonds. The van der Waals surface area contributed by atoms with Crippen molar-refractivity contribution < 1.29 is 14.4 Å². The molecule has 0 aromatic carbocycles. The molecular formula is C18H27N5O3. The Labute approximate surface area is 153 Å². The van der Waals surface area contributed by atoms with Crippen molar-refractivity contribution in [2.45, 2.75) is 51.7 Å². The van der Waals surface area contributed by atoms with Crippen molar-refractivity contribution >= 4 is 17.7 Å². The van der Waals surface area contributed by atoms with Crippen molar-refractivity contribution in [2.24, 2.45) is 28.9 Å². The fourth-order valence-electron chi connectivity index (χ4n) is 4.63. The van der Waals surface area contributed by atoms with Crippen LogP contribution in [0.5, 0.6) is 0 Å². The first-order valence-electron chi connectivity index (χ1n) is 9.22. The number of carbonyl (C=O) groups is 3. The third-order valence-corrected chi connectivity index (χ3v) is 6.31. The quantitative estimate of drug-likeness (QED) is 0.599. The highest BCUT2D eigenvalue weighted by molar-refractivity contribution is 5.91. The Kier molecular flexibility index (Phi) is 4.69. The predicted octanol–water partition coefficient (Wildman–Crippen LogP) is -0.649. The zero-order chi connectivity index (χ0) is 19.2. The molecule has 2 saturated heterocycles. The van der Waals surface area contributed by atoms with E-state index in [4.69, 9.17) is 5.73 Å². The summed E-state index contributed by atoms with van der Waals surface area (Å²) in [6.45, 7) is 6.94. The third-order valence-electron chi connectivity index (χ3n) is 6.31. The summed E-state index contributed by atoms with van der Waals surface area (Å²) in [5.41, 5.74) is 5.74. The average molecular weight is 361 g/mol. The maximum Gasteiger partial charge on any atom is 0.244 e. The van der Waals surface area contributed by atoms with E-state index in [1.165, 1.54) is 0 Å². The molecule has 3 fully saturated rings. The number of piperidine rings is 1.